The van der Waals surface area contributed by atoms with E-state index >= 15 is 0 Å². The standard InChI is InChI=1S/C13H25NO/c1-10-6-7-11(8-10)9-14-12-4-2-3-5-13(12)15/h10-15H,2-9H2,1H3/t10?,11?,12-,13-/m0/s1. The zero-order valence-corrected chi connectivity index (χ0v) is 9.91. The molecule has 0 heterocycles. The molecule has 15 heavy (non-hydrogen) atoms. The molecule has 2 aliphatic rings. The van der Waals surface area contributed by atoms with Crippen LogP contribution >= 0.6 is 0 Å². The van der Waals surface area contributed by atoms with Crippen molar-refractivity contribution in [2.75, 3.05) is 6.54 Å². The average Bonchev–Trinajstić information content (AvgIpc) is 2.63. The van der Waals surface area contributed by atoms with Gasteiger partial charge in [0, 0.05) is 6.04 Å². The summed E-state index contributed by atoms with van der Waals surface area (Å²) in [6.07, 6.45) is 8.75. The van der Waals surface area contributed by atoms with Crippen LogP contribution in [-0.4, -0.2) is 23.8 Å². The van der Waals surface area contributed by atoms with E-state index in [0.29, 0.717) is 6.04 Å². The molecule has 4 atom stereocenters. The van der Waals surface area contributed by atoms with Crippen molar-refractivity contribution in [2.24, 2.45) is 11.8 Å². The Bertz CT molecular complexity index is 195. The monoisotopic (exact) mass is 211 g/mol. The summed E-state index contributed by atoms with van der Waals surface area (Å²) in [5.74, 6) is 1.79. The van der Waals surface area contributed by atoms with E-state index < -0.39 is 0 Å². The Labute approximate surface area is 93.5 Å². The van der Waals surface area contributed by atoms with Crippen LogP contribution in [0.25, 0.3) is 0 Å². The van der Waals surface area contributed by atoms with Crippen molar-refractivity contribution in [1.29, 1.82) is 0 Å². The molecule has 0 amide bonds. The molecule has 2 unspecified atom stereocenters. The van der Waals surface area contributed by atoms with Crippen LogP contribution in [0.5, 0.6) is 0 Å². The predicted molar refractivity (Wildman–Crippen MR) is 62.8 cm³/mol. The Balaban J connectivity index is 1.68. The maximum atomic E-state index is 9.83. The highest BCUT2D eigenvalue weighted by Crippen LogP contribution is 2.30. The van der Waals surface area contributed by atoms with Crippen molar-refractivity contribution in [2.45, 2.75) is 64.0 Å². The zero-order chi connectivity index (χ0) is 10.7. The minimum absolute atomic E-state index is 0.0856. The molecule has 88 valence electrons. The number of aliphatic hydroxyl groups excluding tert-OH is 1. The molecular formula is C13H25NO. The molecule has 0 aromatic heterocycles. The first-order chi connectivity index (χ1) is 7.25. The lowest BCUT2D eigenvalue weighted by Crippen LogP contribution is -2.43. The van der Waals surface area contributed by atoms with Gasteiger partial charge < -0.3 is 10.4 Å². The Morgan fingerprint density at radius 3 is 2.60 bits per heavy atom. The molecule has 2 rings (SSSR count). The highest BCUT2D eigenvalue weighted by atomic mass is 16.3. The summed E-state index contributed by atoms with van der Waals surface area (Å²) in [5.41, 5.74) is 0. The van der Waals surface area contributed by atoms with Gasteiger partial charge in [0.2, 0.25) is 0 Å². The average molecular weight is 211 g/mol. The topological polar surface area (TPSA) is 32.3 Å². The second kappa shape index (κ2) is 5.31. The van der Waals surface area contributed by atoms with Crippen molar-refractivity contribution in [3.8, 4) is 0 Å². The fourth-order valence-corrected chi connectivity index (χ4v) is 3.18. The van der Waals surface area contributed by atoms with Gasteiger partial charge in [0.1, 0.15) is 0 Å². The summed E-state index contributed by atoms with van der Waals surface area (Å²) in [6.45, 7) is 3.49. The van der Waals surface area contributed by atoms with Gasteiger partial charge in [0.25, 0.3) is 0 Å². The van der Waals surface area contributed by atoms with Gasteiger partial charge in [-0.25, -0.2) is 0 Å². The van der Waals surface area contributed by atoms with E-state index in [9.17, 15) is 5.11 Å². The van der Waals surface area contributed by atoms with E-state index in [4.69, 9.17) is 0 Å². The molecule has 2 aliphatic carbocycles. The van der Waals surface area contributed by atoms with Gasteiger partial charge in [-0.3, -0.25) is 0 Å². The van der Waals surface area contributed by atoms with Crippen LogP contribution in [-0.2, 0) is 0 Å². The quantitative estimate of drug-likeness (QED) is 0.751. The highest BCUT2D eigenvalue weighted by Gasteiger charge is 2.25. The third-order valence-corrected chi connectivity index (χ3v) is 4.20. The summed E-state index contributed by atoms with van der Waals surface area (Å²) in [6, 6.07) is 0.384. The number of hydrogen-bond acceptors (Lipinski definition) is 2. The van der Waals surface area contributed by atoms with Crippen LogP contribution in [0.1, 0.15) is 51.9 Å². The minimum Gasteiger partial charge on any atom is -0.392 e. The Morgan fingerprint density at radius 2 is 1.93 bits per heavy atom. The minimum atomic E-state index is -0.0856. The van der Waals surface area contributed by atoms with Crippen LogP contribution in [0.3, 0.4) is 0 Å². The molecule has 0 aliphatic heterocycles. The Hall–Kier alpha value is -0.0800. The van der Waals surface area contributed by atoms with Crippen LogP contribution < -0.4 is 5.32 Å². The summed E-state index contributed by atoms with van der Waals surface area (Å²) in [4.78, 5) is 0. The molecule has 0 saturated heterocycles. The number of hydrogen-bond donors (Lipinski definition) is 2. The highest BCUT2D eigenvalue weighted by molar-refractivity contribution is 4.82. The molecule has 2 heteroatoms. The van der Waals surface area contributed by atoms with Crippen LogP contribution in [0, 0.1) is 11.8 Å². The van der Waals surface area contributed by atoms with Crippen molar-refractivity contribution in [3.63, 3.8) is 0 Å². The molecule has 0 spiro atoms. The third kappa shape index (κ3) is 3.18. The molecule has 0 aromatic rings. The van der Waals surface area contributed by atoms with Gasteiger partial charge in [-0.1, -0.05) is 26.2 Å². The lowest BCUT2D eigenvalue weighted by Gasteiger charge is -2.29. The van der Waals surface area contributed by atoms with Crippen LogP contribution in [0.4, 0.5) is 0 Å². The normalized spacial score (nSPS) is 42.0. The Kier molecular flexibility index (Phi) is 4.04. The van der Waals surface area contributed by atoms with Crippen molar-refractivity contribution in [1.82, 2.24) is 5.32 Å². The SMILES string of the molecule is CC1CCC(CN[C@H]2CCCC[C@@H]2O)C1. The summed E-state index contributed by atoms with van der Waals surface area (Å²) < 4.78 is 0. The van der Waals surface area contributed by atoms with E-state index in [0.717, 1.165) is 24.8 Å². The van der Waals surface area contributed by atoms with E-state index in [2.05, 4.69) is 12.2 Å². The lowest BCUT2D eigenvalue weighted by atomic mass is 9.92. The molecule has 0 radical (unpaired) electrons. The van der Waals surface area contributed by atoms with E-state index in [1.165, 1.54) is 38.5 Å². The van der Waals surface area contributed by atoms with Crippen molar-refractivity contribution >= 4 is 0 Å². The number of nitrogens with one attached hydrogen (secondary N) is 1. The Morgan fingerprint density at radius 1 is 1.13 bits per heavy atom. The molecule has 0 bridgehead atoms. The van der Waals surface area contributed by atoms with Gasteiger partial charge in [-0.2, -0.15) is 0 Å². The summed E-state index contributed by atoms with van der Waals surface area (Å²) >= 11 is 0. The van der Waals surface area contributed by atoms with Crippen molar-refractivity contribution in [3.05, 3.63) is 0 Å². The largest absolute Gasteiger partial charge is 0.392 e. The third-order valence-electron chi connectivity index (χ3n) is 4.20. The maximum Gasteiger partial charge on any atom is 0.0693 e. The first kappa shape index (κ1) is 11.4. The van der Waals surface area contributed by atoms with Crippen LogP contribution in [0.15, 0.2) is 0 Å². The summed E-state index contributed by atoms with van der Waals surface area (Å²) in [7, 11) is 0. The first-order valence-corrected chi connectivity index (χ1v) is 6.67. The van der Waals surface area contributed by atoms with E-state index in [1.807, 2.05) is 0 Å². The first-order valence-electron chi connectivity index (χ1n) is 6.67. The molecule has 2 nitrogen and oxygen atoms in total. The van der Waals surface area contributed by atoms with Gasteiger partial charge in [-0.15, -0.1) is 0 Å². The van der Waals surface area contributed by atoms with Gasteiger partial charge in [0.05, 0.1) is 6.10 Å². The van der Waals surface area contributed by atoms with E-state index in [-0.39, 0.29) is 6.10 Å². The second-order valence-corrected chi connectivity index (χ2v) is 5.65. The van der Waals surface area contributed by atoms with E-state index in [1.54, 1.807) is 0 Å². The molecule has 2 N–H and O–H groups in total. The smallest absolute Gasteiger partial charge is 0.0693 e. The molecular weight excluding hydrogens is 186 g/mol. The summed E-state index contributed by atoms with van der Waals surface area (Å²) in [5, 5.41) is 13.4. The lowest BCUT2D eigenvalue weighted by molar-refractivity contribution is 0.0889. The molecule has 2 saturated carbocycles. The zero-order valence-electron chi connectivity index (χ0n) is 9.91. The van der Waals surface area contributed by atoms with Gasteiger partial charge in [0.15, 0.2) is 0 Å². The van der Waals surface area contributed by atoms with Gasteiger partial charge in [-0.05, 0) is 44.1 Å². The van der Waals surface area contributed by atoms with Gasteiger partial charge >= 0.3 is 0 Å². The van der Waals surface area contributed by atoms with Crippen LogP contribution in [0.2, 0.25) is 0 Å². The molecule has 0 aromatic carbocycles. The second-order valence-electron chi connectivity index (χ2n) is 5.65. The maximum absolute atomic E-state index is 9.83. The molecule has 2 fully saturated rings. The number of aliphatic hydroxyl groups is 1. The van der Waals surface area contributed by atoms with Crippen molar-refractivity contribution < 1.29 is 5.11 Å². The predicted octanol–water partition coefficient (Wildman–Crippen LogP) is 2.32. The number of rotatable bonds is 3. The fourth-order valence-electron chi connectivity index (χ4n) is 3.18. The fraction of sp³-hybridized carbons (Fsp3) is 1.00.